The van der Waals surface area contributed by atoms with Gasteiger partial charge < -0.3 is 9.64 Å². The summed E-state index contributed by atoms with van der Waals surface area (Å²) >= 11 is 0. The average Bonchev–Trinajstić information content (AvgIpc) is 2.53. The van der Waals surface area contributed by atoms with Crippen molar-refractivity contribution in [3.8, 4) is 5.75 Å². The molecule has 2 aromatic rings. The summed E-state index contributed by atoms with van der Waals surface area (Å²) in [6.45, 7) is 0.230. The van der Waals surface area contributed by atoms with Gasteiger partial charge in [0.25, 0.3) is 0 Å². The van der Waals surface area contributed by atoms with Crippen molar-refractivity contribution in [2.75, 3.05) is 26.1 Å². The largest absolute Gasteiger partial charge is 0.495 e. The molecule has 2 rings (SSSR count). The molecular weight excluding hydrogens is 300 g/mol. The molecule has 0 aliphatic rings. The number of anilines is 1. The molecule has 0 bridgehead atoms. The van der Waals surface area contributed by atoms with E-state index in [-0.39, 0.29) is 11.4 Å². The average molecular weight is 320 g/mol. The van der Waals surface area contributed by atoms with Crippen molar-refractivity contribution in [2.45, 2.75) is 11.4 Å². The van der Waals surface area contributed by atoms with Crippen LogP contribution in [0.4, 0.5) is 5.69 Å². The fourth-order valence-corrected chi connectivity index (χ4v) is 3.19. The van der Waals surface area contributed by atoms with E-state index in [1.54, 1.807) is 18.2 Å². The molecule has 0 aliphatic carbocycles. The van der Waals surface area contributed by atoms with Gasteiger partial charge in [0.1, 0.15) is 10.6 Å². The maximum Gasteiger partial charge on any atom is 0.244 e. The van der Waals surface area contributed by atoms with E-state index in [2.05, 4.69) is 4.72 Å². The van der Waals surface area contributed by atoms with Crippen LogP contribution in [0.15, 0.2) is 53.4 Å². The second-order valence-electron chi connectivity index (χ2n) is 5.04. The molecule has 0 saturated carbocycles. The van der Waals surface area contributed by atoms with Crippen LogP contribution in [0.3, 0.4) is 0 Å². The van der Waals surface area contributed by atoms with Crippen LogP contribution in [0.5, 0.6) is 5.75 Å². The van der Waals surface area contributed by atoms with Crippen molar-refractivity contribution >= 4 is 15.7 Å². The Bertz CT molecular complexity index is 725. The van der Waals surface area contributed by atoms with Crippen LogP contribution < -0.4 is 14.4 Å². The molecule has 0 amide bonds. The monoisotopic (exact) mass is 320 g/mol. The van der Waals surface area contributed by atoms with Crippen molar-refractivity contribution in [3.63, 3.8) is 0 Å². The predicted octanol–water partition coefficient (Wildman–Crippen LogP) is 2.24. The zero-order chi connectivity index (χ0) is 16.2. The lowest BCUT2D eigenvalue weighted by molar-refractivity contribution is 0.402. The summed E-state index contributed by atoms with van der Waals surface area (Å²) in [7, 11) is 1.76. The maximum absolute atomic E-state index is 12.4. The SMILES string of the molecule is COc1ccccc1S(=O)(=O)NCc1ccc(N(C)C)cc1. The highest BCUT2D eigenvalue weighted by Crippen LogP contribution is 2.22. The van der Waals surface area contributed by atoms with E-state index in [1.165, 1.54) is 13.2 Å². The van der Waals surface area contributed by atoms with Crippen LogP contribution in [-0.4, -0.2) is 29.6 Å². The second kappa shape index (κ2) is 6.81. The Hall–Kier alpha value is -2.05. The fourth-order valence-electron chi connectivity index (χ4n) is 2.01. The Morgan fingerprint density at radius 2 is 1.68 bits per heavy atom. The Balaban J connectivity index is 2.12. The minimum absolute atomic E-state index is 0.141. The smallest absolute Gasteiger partial charge is 0.244 e. The van der Waals surface area contributed by atoms with Gasteiger partial charge in [0.15, 0.2) is 0 Å². The molecule has 5 nitrogen and oxygen atoms in total. The Labute approximate surface area is 131 Å². The molecule has 0 saturated heterocycles. The van der Waals surface area contributed by atoms with Gasteiger partial charge in [0.2, 0.25) is 10.0 Å². The van der Waals surface area contributed by atoms with Gasteiger partial charge in [-0.3, -0.25) is 0 Å². The number of methoxy groups -OCH3 is 1. The number of nitrogens with one attached hydrogen (secondary N) is 1. The van der Waals surface area contributed by atoms with Gasteiger partial charge in [-0.05, 0) is 29.8 Å². The Morgan fingerprint density at radius 3 is 2.27 bits per heavy atom. The van der Waals surface area contributed by atoms with Gasteiger partial charge in [-0.15, -0.1) is 0 Å². The number of para-hydroxylation sites is 1. The topological polar surface area (TPSA) is 58.6 Å². The first-order valence-electron chi connectivity index (χ1n) is 6.83. The molecule has 0 heterocycles. The van der Waals surface area contributed by atoms with E-state index >= 15 is 0 Å². The summed E-state index contributed by atoms with van der Waals surface area (Å²) < 4.78 is 32.4. The number of nitrogens with zero attached hydrogens (tertiary/aromatic N) is 1. The summed E-state index contributed by atoms with van der Waals surface area (Å²) in [6.07, 6.45) is 0. The molecule has 0 fully saturated rings. The normalized spacial score (nSPS) is 11.2. The van der Waals surface area contributed by atoms with Crippen LogP contribution in [0.25, 0.3) is 0 Å². The van der Waals surface area contributed by atoms with Gasteiger partial charge in [-0.25, -0.2) is 13.1 Å². The first-order valence-corrected chi connectivity index (χ1v) is 8.31. The third kappa shape index (κ3) is 3.78. The van der Waals surface area contributed by atoms with Crippen LogP contribution in [0.1, 0.15) is 5.56 Å². The van der Waals surface area contributed by atoms with Crippen LogP contribution in [0.2, 0.25) is 0 Å². The highest BCUT2D eigenvalue weighted by Gasteiger charge is 2.18. The number of benzene rings is 2. The third-order valence-electron chi connectivity index (χ3n) is 3.28. The Kier molecular flexibility index (Phi) is 5.05. The fraction of sp³-hybridized carbons (Fsp3) is 0.250. The zero-order valence-corrected chi connectivity index (χ0v) is 13.7. The molecular formula is C16H20N2O3S. The summed E-state index contributed by atoms with van der Waals surface area (Å²) in [6, 6.07) is 14.3. The molecule has 0 spiro atoms. The first-order chi connectivity index (χ1) is 10.4. The first kappa shape index (κ1) is 16.3. The van der Waals surface area contributed by atoms with E-state index in [1.807, 2.05) is 43.3 Å². The minimum Gasteiger partial charge on any atom is -0.495 e. The second-order valence-corrected chi connectivity index (χ2v) is 6.77. The lowest BCUT2D eigenvalue weighted by atomic mass is 10.2. The molecule has 0 atom stereocenters. The van der Waals surface area contributed by atoms with E-state index in [9.17, 15) is 8.42 Å². The zero-order valence-electron chi connectivity index (χ0n) is 12.9. The van der Waals surface area contributed by atoms with Crippen molar-refractivity contribution < 1.29 is 13.2 Å². The number of rotatable bonds is 6. The Morgan fingerprint density at radius 1 is 1.05 bits per heavy atom. The molecule has 0 unspecified atom stereocenters. The van der Waals surface area contributed by atoms with Crippen molar-refractivity contribution in [1.82, 2.24) is 4.72 Å². The van der Waals surface area contributed by atoms with E-state index in [0.29, 0.717) is 5.75 Å². The van der Waals surface area contributed by atoms with Gasteiger partial charge in [-0.2, -0.15) is 0 Å². The van der Waals surface area contributed by atoms with Crippen molar-refractivity contribution in [3.05, 3.63) is 54.1 Å². The lowest BCUT2D eigenvalue weighted by Gasteiger charge is -2.13. The van der Waals surface area contributed by atoms with Crippen LogP contribution in [0, 0.1) is 0 Å². The third-order valence-corrected chi connectivity index (χ3v) is 4.72. The highest BCUT2D eigenvalue weighted by atomic mass is 32.2. The van der Waals surface area contributed by atoms with Crippen LogP contribution in [-0.2, 0) is 16.6 Å². The lowest BCUT2D eigenvalue weighted by Crippen LogP contribution is -2.23. The van der Waals surface area contributed by atoms with Gasteiger partial charge >= 0.3 is 0 Å². The molecule has 118 valence electrons. The van der Waals surface area contributed by atoms with Crippen molar-refractivity contribution in [2.24, 2.45) is 0 Å². The molecule has 22 heavy (non-hydrogen) atoms. The standard InChI is InChI=1S/C16H20N2O3S/c1-18(2)14-10-8-13(9-11-14)12-17-22(19,20)16-7-5-4-6-15(16)21-3/h4-11,17H,12H2,1-3H3. The van der Waals surface area contributed by atoms with Crippen LogP contribution >= 0.6 is 0 Å². The molecule has 0 aliphatic heterocycles. The molecule has 2 aromatic carbocycles. The minimum atomic E-state index is -3.61. The van der Waals surface area contributed by atoms with E-state index < -0.39 is 10.0 Å². The van der Waals surface area contributed by atoms with E-state index in [0.717, 1.165) is 11.3 Å². The number of hydrogen-bond acceptors (Lipinski definition) is 4. The van der Waals surface area contributed by atoms with Crippen molar-refractivity contribution in [1.29, 1.82) is 0 Å². The van der Waals surface area contributed by atoms with Gasteiger partial charge in [0, 0.05) is 26.3 Å². The summed E-state index contributed by atoms with van der Waals surface area (Å²) in [5.41, 5.74) is 1.96. The van der Waals surface area contributed by atoms with E-state index in [4.69, 9.17) is 4.74 Å². The summed E-state index contributed by atoms with van der Waals surface area (Å²) in [5.74, 6) is 0.331. The quantitative estimate of drug-likeness (QED) is 0.887. The molecule has 1 N–H and O–H groups in total. The predicted molar refractivity (Wildman–Crippen MR) is 87.8 cm³/mol. The highest BCUT2D eigenvalue weighted by molar-refractivity contribution is 7.89. The summed E-state index contributed by atoms with van der Waals surface area (Å²) in [4.78, 5) is 2.13. The maximum atomic E-state index is 12.4. The van der Waals surface area contributed by atoms with Gasteiger partial charge in [-0.1, -0.05) is 24.3 Å². The molecule has 0 radical (unpaired) electrons. The number of sulfonamides is 1. The number of ether oxygens (including phenoxy) is 1. The summed E-state index contributed by atoms with van der Waals surface area (Å²) in [5, 5.41) is 0. The number of hydrogen-bond donors (Lipinski definition) is 1. The molecule has 0 aromatic heterocycles. The van der Waals surface area contributed by atoms with Gasteiger partial charge in [0.05, 0.1) is 7.11 Å². The molecule has 6 heteroatoms.